The summed E-state index contributed by atoms with van der Waals surface area (Å²) < 4.78 is 23.8. The van der Waals surface area contributed by atoms with Gasteiger partial charge in [0.2, 0.25) is 0 Å². The molecule has 1 atom stereocenters. The maximum atomic E-state index is 11.9. The monoisotopic (exact) mass is 219 g/mol. The number of alkyl halides is 2. The van der Waals surface area contributed by atoms with Gasteiger partial charge in [-0.3, -0.25) is 9.89 Å². The van der Waals surface area contributed by atoms with E-state index in [0.29, 0.717) is 5.69 Å². The highest BCUT2D eigenvalue weighted by atomic mass is 19.3. The van der Waals surface area contributed by atoms with Gasteiger partial charge in [-0.25, -0.2) is 8.78 Å². The third-order valence-electron chi connectivity index (χ3n) is 1.84. The van der Waals surface area contributed by atoms with Crippen LogP contribution in [0.15, 0.2) is 6.20 Å². The van der Waals surface area contributed by atoms with Crippen molar-refractivity contribution in [1.82, 2.24) is 15.5 Å². The SMILES string of the molecule is Cc1[nH]ncc1C(=O)NCC(O)C(F)F. The largest absolute Gasteiger partial charge is 0.385 e. The normalized spacial score (nSPS) is 12.9. The summed E-state index contributed by atoms with van der Waals surface area (Å²) in [6, 6.07) is 0. The Labute approximate surface area is 84.5 Å². The van der Waals surface area contributed by atoms with Crippen LogP contribution in [0.5, 0.6) is 0 Å². The Hall–Kier alpha value is -1.50. The second kappa shape index (κ2) is 4.83. The number of aliphatic hydroxyl groups is 1. The lowest BCUT2D eigenvalue weighted by atomic mass is 10.2. The van der Waals surface area contributed by atoms with Crippen molar-refractivity contribution >= 4 is 5.91 Å². The molecule has 0 aliphatic rings. The van der Waals surface area contributed by atoms with Crippen molar-refractivity contribution in [2.45, 2.75) is 19.5 Å². The van der Waals surface area contributed by atoms with E-state index in [1.165, 1.54) is 6.20 Å². The average Bonchev–Trinajstić information content (AvgIpc) is 2.60. The second-order valence-electron chi connectivity index (χ2n) is 3.02. The van der Waals surface area contributed by atoms with Gasteiger partial charge in [-0.05, 0) is 6.92 Å². The number of carbonyl (C=O) groups is 1. The van der Waals surface area contributed by atoms with Crippen molar-refractivity contribution in [3.63, 3.8) is 0 Å². The van der Waals surface area contributed by atoms with E-state index in [2.05, 4.69) is 15.5 Å². The standard InChI is InChI=1S/C8H11F2N3O2/c1-4-5(2-12-13-4)8(15)11-3-6(14)7(9)10/h2,6-7,14H,3H2,1H3,(H,11,15)(H,12,13). The molecule has 5 nitrogen and oxygen atoms in total. The molecule has 0 saturated heterocycles. The lowest BCUT2D eigenvalue weighted by Crippen LogP contribution is -2.35. The molecule has 1 heterocycles. The zero-order valence-corrected chi connectivity index (χ0v) is 8.00. The maximum absolute atomic E-state index is 11.9. The fourth-order valence-corrected chi connectivity index (χ4v) is 0.961. The first-order valence-corrected chi connectivity index (χ1v) is 4.26. The molecule has 0 saturated carbocycles. The number of amides is 1. The van der Waals surface area contributed by atoms with Crippen molar-refractivity contribution in [3.8, 4) is 0 Å². The van der Waals surface area contributed by atoms with Crippen LogP contribution in [0.2, 0.25) is 0 Å². The van der Waals surface area contributed by atoms with Crippen molar-refractivity contribution in [3.05, 3.63) is 17.5 Å². The van der Waals surface area contributed by atoms with E-state index in [1.54, 1.807) is 6.92 Å². The van der Waals surface area contributed by atoms with Crippen molar-refractivity contribution in [1.29, 1.82) is 0 Å². The van der Waals surface area contributed by atoms with Crippen LogP contribution < -0.4 is 5.32 Å². The van der Waals surface area contributed by atoms with Crippen LogP contribution in [0.4, 0.5) is 8.78 Å². The van der Waals surface area contributed by atoms with Gasteiger partial charge < -0.3 is 10.4 Å². The molecule has 0 radical (unpaired) electrons. The van der Waals surface area contributed by atoms with Gasteiger partial charge in [0, 0.05) is 12.2 Å². The van der Waals surface area contributed by atoms with Crippen molar-refractivity contribution < 1.29 is 18.7 Å². The number of halogens is 2. The second-order valence-corrected chi connectivity index (χ2v) is 3.02. The highest BCUT2D eigenvalue weighted by molar-refractivity contribution is 5.94. The Kier molecular flexibility index (Phi) is 3.73. The number of hydrogen-bond donors (Lipinski definition) is 3. The molecule has 7 heteroatoms. The van der Waals surface area contributed by atoms with E-state index < -0.39 is 25.0 Å². The molecule has 84 valence electrons. The highest BCUT2D eigenvalue weighted by Crippen LogP contribution is 2.03. The molecule has 1 aromatic rings. The minimum Gasteiger partial charge on any atom is -0.385 e. The Balaban J connectivity index is 2.47. The molecule has 0 spiro atoms. The molecule has 0 aliphatic carbocycles. The Morgan fingerprint density at radius 1 is 1.73 bits per heavy atom. The van der Waals surface area contributed by atoms with E-state index in [4.69, 9.17) is 5.11 Å². The summed E-state index contributed by atoms with van der Waals surface area (Å²) in [5.41, 5.74) is 0.815. The molecular formula is C8H11F2N3O2. The third-order valence-corrected chi connectivity index (χ3v) is 1.84. The molecule has 1 unspecified atom stereocenters. The summed E-state index contributed by atoms with van der Waals surface area (Å²) in [6.45, 7) is 1.15. The van der Waals surface area contributed by atoms with Crippen LogP contribution in [-0.4, -0.2) is 40.3 Å². The van der Waals surface area contributed by atoms with Gasteiger partial charge in [-0.15, -0.1) is 0 Å². The van der Waals surface area contributed by atoms with Gasteiger partial charge in [0.1, 0.15) is 6.10 Å². The highest BCUT2D eigenvalue weighted by Gasteiger charge is 2.18. The molecule has 0 aliphatic heterocycles. The van der Waals surface area contributed by atoms with Gasteiger partial charge in [-0.2, -0.15) is 5.10 Å². The van der Waals surface area contributed by atoms with Crippen LogP contribution in [-0.2, 0) is 0 Å². The molecule has 0 aromatic carbocycles. The molecule has 15 heavy (non-hydrogen) atoms. The summed E-state index contributed by atoms with van der Waals surface area (Å²) in [5, 5.41) is 17.1. The van der Waals surface area contributed by atoms with Crippen LogP contribution in [0.3, 0.4) is 0 Å². The predicted molar refractivity (Wildman–Crippen MR) is 47.7 cm³/mol. The summed E-state index contributed by atoms with van der Waals surface area (Å²) in [4.78, 5) is 11.3. The fraction of sp³-hybridized carbons (Fsp3) is 0.500. The Morgan fingerprint density at radius 2 is 2.40 bits per heavy atom. The van der Waals surface area contributed by atoms with Crippen molar-refractivity contribution in [2.75, 3.05) is 6.54 Å². The van der Waals surface area contributed by atoms with Crippen molar-refractivity contribution in [2.24, 2.45) is 0 Å². The molecule has 0 fully saturated rings. The first kappa shape index (κ1) is 11.6. The molecule has 1 rings (SSSR count). The van der Waals surface area contributed by atoms with E-state index in [1.807, 2.05) is 0 Å². The summed E-state index contributed by atoms with van der Waals surface area (Å²) in [6.07, 6.45) is -3.42. The topological polar surface area (TPSA) is 78.0 Å². The number of aromatic amines is 1. The number of rotatable bonds is 4. The number of nitrogens with one attached hydrogen (secondary N) is 2. The van der Waals surface area contributed by atoms with Gasteiger partial charge in [0.15, 0.2) is 0 Å². The maximum Gasteiger partial charge on any atom is 0.265 e. The summed E-state index contributed by atoms with van der Waals surface area (Å²) in [5.74, 6) is -0.541. The minimum absolute atomic E-state index is 0.275. The van der Waals surface area contributed by atoms with Gasteiger partial charge in [-0.1, -0.05) is 0 Å². The first-order valence-electron chi connectivity index (χ1n) is 4.26. The number of hydrogen-bond acceptors (Lipinski definition) is 3. The quantitative estimate of drug-likeness (QED) is 0.670. The van der Waals surface area contributed by atoms with E-state index in [9.17, 15) is 13.6 Å². The number of aryl methyl sites for hydroxylation is 1. The lowest BCUT2D eigenvalue weighted by Gasteiger charge is -2.09. The smallest absolute Gasteiger partial charge is 0.265 e. The van der Waals surface area contributed by atoms with Gasteiger partial charge in [0.05, 0.1) is 11.8 Å². The average molecular weight is 219 g/mol. The number of nitrogens with zero attached hydrogens (tertiary/aromatic N) is 1. The van der Waals surface area contributed by atoms with E-state index in [0.717, 1.165) is 0 Å². The molecule has 1 aromatic heterocycles. The number of H-pyrrole nitrogens is 1. The Bertz CT molecular complexity index is 340. The van der Waals surface area contributed by atoms with Crippen LogP contribution >= 0.6 is 0 Å². The summed E-state index contributed by atoms with van der Waals surface area (Å²) in [7, 11) is 0. The Morgan fingerprint density at radius 3 is 2.87 bits per heavy atom. The number of aliphatic hydroxyl groups excluding tert-OH is 1. The number of carbonyl (C=O) groups excluding carboxylic acids is 1. The van der Waals surface area contributed by atoms with Gasteiger partial charge in [0.25, 0.3) is 12.3 Å². The summed E-state index contributed by atoms with van der Waals surface area (Å²) >= 11 is 0. The van der Waals surface area contributed by atoms with E-state index in [-0.39, 0.29) is 5.56 Å². The fourth-order valence-electron chi connectivity index (χ4n) is 0.961. The van der Waals surface area contributed by atoms with Crippen LogP contribution in [0.25, 0.3) is 0 Å². The minimum atomic E-state index is -2.87. The lowest BCUT2D eigenvalue weighted by molar-refractivity contribution is -0.00270. The first-order chi connectivity index (χ1) is 7.02. The molecule has 1 amide bonds. The predicted octanol–water partition coefficient (Wildman–Crippen LogP) is 0.0739. The zero-order valence-electron chi connectivity index (χ0n) is 8.00. The molecular weight excluding hydrogens is 208 g/mol. The molecule has 0 bridgehead atoms. The molecule has 3 N–H and O–H groups in total. The van der Waals surface area contributed by atoms with Gasteiger partial charge >= 0.3 is 0 Å². The third kappa shape index (κ3) is 2.98. The van der Waals surface area contributed by atoms with E-state index >= 15 is 0 Å². The number of aromatic nitrogens is 2. The zero-order chi connectivity index (χ0) is 11.4. The van der Waals surface area contributed by atoms with Crippen LogP contribution in [0.1, 0.15) is 16.1 Å². The van der Waals surface area contributed by atoms with Crippen LogP contribution in [0, 0.1) is 6.92 Å².